The van der Waals surface area contributed by atoms with Crippen molar-refractivity contribution in [1.29, 1.82) is 0 Å². The lowest BCUT2D eigenvalue weighted by atomic mass is 9.88. The van der Waals surface area contributed by atoms with Gasteiger partial charge in [-0.3, -0.25) is 9.59 Å². The molecule has 0 saturated heterocycles. The molecule has 0 heterocycles. The Morgan fingerprint density at radius 1 is 0.724 bits per heavy atom. The Kier molecular flexibility index (Phi) is 7.11. The first-order valence-electron chi connectivity index (χ1n) is 9.54. The first kappa shape index (κ1) is 20.3. The van der Waals surface area contributed by atoms with Crippen molar-refractivity contribution in [3.05, 3.63) is 107 Å². The van der Waals surface area contributed by atoms with Crippen LogP contribution in [0.1, 0.15) is 29.0 Å². The number of hydrogen-bond donors (Lipinski definition) is 2. The topological polar surface area (TPSA) is 58.2 Å². The molecular weight excluding hydrogens is 367 g/mol. The van der Waals surface area contributed by atoms with Gasteiger partial charge in [-0.25, -0.2) is 4.39 Å². The van der Waals surface area contributed by atoms with E-state index in [1.165, 1.54) is 12.1 Å². The van der Waals surface area contributed by atoms with Gasteiger partial charge in [0.05, 0.1) is 0 Å². The first-order chi connectivity index (χ1) is 14.1. The van der Waals surface area contributed by atoms with Gasteiger partial charge >= 0.3 is 11.8 Å². The van der Waals surface area contributed by atoms with Gasteiger partial charge in [-0.05, 0) is 35.2 Å². The van der Waals surface area contributed by atoms with Crippen LogP contribution in [0.25, 0.3) is 0 Å². The molecule has 0 aliphatic carbocycles. The van der Waals surface area contributed by atoms with Crippen LogP contribution < -0.4 is 10.6 Å². The summed E-state index contributed by atoms with van der Waals surface area (Å²) < 4.78 is 12.9. The quantitative estimate of drug-likeness (QED) is 0.603. The second-order valence-electron chi connectivity index (χ2n) is 6.73. The van der Waals surface area contributed by atoms with E-state index in [2.05, 4.69) is 34.9 Å². The maximum atomic E-state index is 12.9. The maximum Gasteiger partial charge on any atom is 0.309 e. The molecule has 3 aromatic carbocycles. The van der Waals surface area contributed by atoms with E-state index in [9.17, 15) is 14.0 Å². The second kappa shape index (κ2) is 10.2. The van der Waals surface area contributed by atoms with Gasteiger partial charge in [0.15, 0.2) is 0 Å². The summed E-state index contributed by atoms with van der Waals surface area (Å²) in [4.78, 5) is 24.1. The fraction of sp³-hybridized carbons (Fsp3) is 0.167. The molecule has 0 bridgehead atoms. The summed E-state index contributed by atoms with van der Waals surface area (Å²) in [6, 6.07) is 25.9. The molecule has 0 aliphatic rings. The van der Waals surface area contributed by atoms with Gasteiger partial charge in [0, 0.05) is 19.0 Å². The predicted octanol–water partition coefficient (Wildman–Crippen LogP) is 3.78. The molecule has 0 aromatic heterocycles. The van der Waals surface area contributed by atoms with Gasteiger partial charge < -0.3 is 10.6 Å². The minimum atomic E-state index is -0.703. The number of benzene rings is 3. The van der Waals surface area contributed by atoms with Gasteiger partial charge in [-0.1, -0.05) is 72.8 Å². The van der Waals surface area contributed by atoms with Crippen LogP contribution in [0.2, 0.25) is 0 Å². The molecule has 29 heavy (non-hydrogen) atoms. The predicted molar refractivity (Wildman–Crippen MR) is 111 cm³/mol. The minimum absolute atomic E-state index is 0.125. The number of rotatable bonds is 7. The Hall–Kier alpha value is -3.47. The molecule has 4 nitrogen and oxygen atoms in total. The Labute approximate surface area is 169 Å². The Morgan fingerprint density at radius 2 is 1.24 bits per heavy atom. The molecule has 3 rings (SSSR count). The summed E-state index contributed by atoms with van der Waals surface area (Å²) in [5.41, 5.74) is 3.04. The van der Waals surface area contributed by atoms with Crippen LogP contribution in [0.15, 0.2) is 84.9 Å². The third-order valence-corrected chi connectivity index (χ3v) is 4.70. The zero-order valence-electron chi connectivity index (χ0n) is 16.0. The number of carbonyl (C=O) groups is 2. The lowest BCUT2D eigenvalue weighted by molar-refractivity contribution is -0.139. The van der Waals surface area contributed by atoms with Crippen molar-refractivity contribution in [1.82, 2.24) is 10.6 Å². The van der Waals surface area contributed by atoms with Gasteiger partial charge in [-0.2, -0.15) is 0 Å². The smallest absolute Gasteiger partial charge is 0.309 e. The van der Waals surface area contributed by atoms with Crippen molar-refractivity contribution in [2.75, 3.05) is 6.54 Å². The summed E-state index contributed by atoms with van der Waals surface area (Å²) in [7, 11) is 0. The number of hydrogen-bond acceptors (Lipinski definition) is 2. The molecule has 0 fully saturated rings. The average Bonchev–Trinajstić information content (AvgIpc) is 2.77. The van der Waals surface area contributed by atoms with Crippen molar-refractivity contribution in [3.63, 3.8) is 0 Å². The number of halogens is 1. The summed E-state index contributed by atoms with van der Waals surface area (Å²) in [5.74, 6) is -1.60. The molecule has 2 N–H and O–H groups in total. The molecule has 2 amide bonds. The Balaban J connectivity index is 1.53. The molecule has 0 atom stereocenters. The largest absolute Gasteiger partial charge is 0.348 e. The monoisotopic (exact) mass is 390 g/mol. The fourth-order valence-corrected chi connectivity index (χ4v) is 3.17. The van der Waals surface area contributed by atoms with E-state index >= 15 is 0 Å². The van der Waals surface area contributed by atoms with E-state index in [1.54, 1.807) is 12.1 Å². The molecule has 0 saturated carbocycles. The minimum Gasteiger partial charge on any atom is -0.348 e. The molecular formula is C24H23FN2O2. The highest BCUT2D eigenvalue weighted by molar-refractivity contribution is 6.35. The van der Waals surface area contributed by atoms with Crippen molar-refractivity contribution >= 4 is 11.8 Å². The van der Waals surface area contributed by atoms with E-state index in [4.69, 9.17) is 0 Å². The van der Waals surface area contributed by atoms with Crippen LogP contribution in [-0.2, 0) is 16.1 Å². The summed E-state index contributed by atoms with van der Waals surface area (Å²) >= 11 is 0. The van der Waals surface area contributed by atoms with Crippen molar-refractivity contribution < 1.29 is 14.0 Å². The lowest BCUT2D eigenvalue weighted by Gasteiger charge is -2.18. The lowest BCUT2D eigenvalue weighted by Crippen LogP contribution is -2.40. The second-order valence-corrected chi connectivity index (χ2v) is 6.73. The zero-order valence-corrected chi connectivity index (χ0v) is 16.0. The van der Waals surface area contributed by atoms with E-state index in [-0.39, 0.29) is 18.3 Å². The van der Waals surface area contributed by atoms with Crippen LogP contribution in [0.4, 0.5) is 4.39 Å². The van der Waals surface area contributed by atoms with Crippen LogP contribution in [-0.4, -0.2) is 18.4 Å². The normalized spacial score (nSPS) is 10.6. The standard InChI is InChI=1S/C24H23FN2O2/c25-21-13-11-18(12-14-21)17-27-24(29)23(28)26-16-15-22(19-7-3-1-4-8-19)20-9-5-2-6-10-20/h1-14,22H,15-17H2,(H,26,28)(H,27,29). The summed E-state index contributed by atoms with van der Waals surface area (Å²) in [6.45, 7) is 0.542. The Bertz CT molecular complexity index is 889. The summed E-state index contributed by atoms with van der Waals surface area (Å²) in [5, 5.41) is 5.23. The fourth-order valence-electron chi connectivity index (χ4n) is 3.17. The van der Waals surface area contributed by atoms with Crippen LogP contribution in [0.3, 0.4) is 0 Å². The molecule has 0 aliphatic heterocycles. The third-order valence-electron chi connectivity index (χ3n) is 4.70. The molecule has 5 heteroatoms. The van der Waals surface area contributed by atoms with E-state index in [1.807, 2.05) is 36.4 Å². The highest BCUT2D eigenvalue weighted by Crippen LogP contribution is 2.27. The first-order valence-corrected chi connectivity index (χ1v) is 9.54. The molecule has 0 unspecified atom stereocenters. The highest BCUT2D eigenvalue weighted by Gasteiger charge is 2.16. The van der Waals surface area contributed by atoms with Crippen LogP contribution in [0.5, 0.6) is 0 Å². The average molecular weight is 390 g/mol. The summed E-state index contributed by atoms with van der Waals surface area (Å²) in [6.07, 6.45) is 0.672. The number of nitrogens with one attached hydrogen (secondary N) is 2. The molecule has 3 aromatic rings. The molecule has 0 spiro atoms. The van der Waals surface area contributed by atoms with Crippen molar-refractivity contribution in [2.24, 2.45) is 0 Å². The molecule has 0 radical (unpaired) electrons. The van der Waals surface area contributed by atoms with Crippen LogP contribution >= 0.6 is 0 Å². The number of carbonyl (C=O) groups excluding carboxylic acids is 2. The maximum absolute atomic E-state index is 12.9. The van der Waals surface area contributed by atoms with Gasteiger partial charge in [0.25, 0.3) is 0 Å². The SMILES string of the molecule is O=C(NCCC(c1ccccc1)c1ccccc1)C(=O)NCc1ccc(F)cc1. The Morgan fingerprint density at radius 3 is 1.79 bits per heavy atom. The third kappa shape index (κ3) is 6.01. The van der Waals surface area contributed by atoms with Crippen LogP contribution in [0, 0.1) is 5.82 Å². The van der Waals surface area contributed by atoms with Gasteiger partial charge in [-0.15, -0.1) is 0 Å². The van der Waals surface area contributed by atoms with E-state index < -0.39 is 11.8 Å². The highest BCUT2D eigenvalue weighted by atomic mass is 19.1. The number of amides is 2. The van der Waals surface area contributed by atoms with Gasteiger partial charge in [0.2, 0.25) is 0 Å². The van der Waals surface area contributed by atoms with Gasteiger partial charge in [0.1, 0.15) is 5.82 Å². The van der Waals surface area contributed by atoms with E-state index in [0.717, 1.165) is 16.7 Å². The van der Waals surface area contributed by atoms with Crippen molar-refractivity contribution in [2.45, 2.75) is 18.9 Å². The van der Waals surface area contributed by atoms with E-state index in [0.29, 0.717) is 13.0 Å². The zero-order chi connectivity index (χ0) is 20.5. The molecule has 148 valence electrons. The van der Waals surface area contributed by atoms with Crippen molar-refractivity contribution in [3.8, 4) is 0 Å².